The number of amides is 1. The largest absolute Gasteiger partial charge is 0.356 e. The normalized spacial score (nSPS) is 21.5. The van der Waals surface area contributed by atoms with Gasteiger partial charge in [0.2, 0.25) is 5.91 Å². The summed E-state index contributed by atoms with van der Waals surface area (Å²) in [4.78, 5) is 11.8. The lowest BCUT2D eigenvalue weighted by molar-refractivity contribution is -0.120. The van der Waals surface area contributed by atoms with Crippen molar-refractivity contribution in [2.45, 2.75) is 38.1 Å². The lowest BCUT2D eigenvalue weighted by atomic mass is 9.86. The summed E-state index contributed by atoms with van der Waals surface area (Å²) in [7, 11) is 0. The minimum absolute atomic E-state index is 0. The average molecular weight is 319 g/mol. The molecule has 1 aliphatic rings. The third-order valence-corrected chi connectivity index (χ3v) is 3.76. The van der Waals surface area contributed by atoms with Crippen LogP contribution in [0.25, 0.3) is 0 Å². The Labute approximate surface area is 129 Å². The molecule has 1 aromatic rings. The standard InChI is InChI=1S/C15H20F2N2O.ClH/c16-13-5-4-10(7-14(13)17)8-15(20)19-9-11-2-1-3-12(18)6-11;/h4-5,7,11-12H,1-3,6,8-9,18H2,(H,19,20);1H. The van der Waals surface area contributed by atoms with Crippen LogP contribution < -0.4 is 11.1 Å². The molecule has 1 amide bonds. The highest BCUT2D eigenvalue weighted by atomic mass is 35.5. The molecule has 3 nitrogen and oxygen atoms in total. The SMILES string of the molecule is Cl.NC1CCCC(CNC(=O)Cc2ccc(F)c(F)c2)C1. The fraction of sp³-hybridized carbons (Fsp3) is 0.533. The first-order valence-corrected chi connectivity index (χ1v) is 7.01. The quantitative estimate of drug-likeness (QED) is 0.896. The first kappa shape index (κ1) is 17.9. The van der Waals surface area contributed by atoms with Crippen LogP contribution in [0.15, 0.2) is 18.2 Å². The van der Waals surface area contributed by atoms with E-state index < -0.39 is 11.6 Å². The topological polar surface area (TPSA) is 55.1 Å². The highest BCUT2D eigenvalue weighted by Crippen LogP contribution is 2.22. The molecule has 0 aromatic heterocycles. The Morgan fingerprint density at radius 2 is 2.05 bits per heavy atom. The average Bonchev–Trinajstić information content (AvgIpc) is 2.41. The molecule has 0 saturated heterocycles. The predicted octanol–water partition coefficient (Wildman–Crippen LogP) is 2.56. The van der Waals surface area contributed by atoms with Crippen molar-refractivity contribution < 1.29 is 13.6 Å². The van der Waals surface area contributed by atoms with Crippen LogP contribution >= 0.6 is 12.4 Å². The van der Waals surface area contributed by atoms with Gasteiger partial charge < -0.3 is 11.1 Å². The molecule has 6 heteroatoms. The lowest BCUT2D eigenvalue weighted by Crippen LogP contribution is -2.36. The van der Waals surface area contributed by atoms with Crippen LogP contribution in [0.4, 0.5) is 8.78 Å². The van der Waals surface area contributed by atoms with Gasteiger partial charge in [-0.3, -0.25) is 4.79 Å². The second kappa shape index (κ2) is 8.29. The molecule has 21 heavy (non-hydrogen) atoms. The number of nitrogens with two attached hydrogens (primary N) is 1. The van der Waals surface area contributed by atoms with Crippen molar-refractivity contribution in [3.05, 3.63) is 35.4 Å². The summed E-state index contributed by atoms with van der Waals surface area (Å²) in [6, 6.07) is 3.76. The van der Waals surface area contributed by atoms with E-state index in [1.165, 1.54) is 6.07 Å². The minimum atomic E-state index is -0.923. The molecule has 2 unspecified atom stereocenters. The molecule has 1 fully saturated rings. The molecule has 1 aliphatic carbocycles. The first-order chi connectivity index (χ1) is 9.54. The highest BCUT2D eigenvalue weighted by molar-refractivity contribution is 5.85. The number of hydrogen-bond acceptors (Lipinski definition) is 2. The molecule has 0 radical (unpaired) electrons. The molecule has 0 bridgehead atoms. The van der Waals surface area contributed by atoms with Gasteiger partial charge in [0.05, 0.1) is 6.42 Å². The number of halogens is 3. The molecule has 3 N–H and O–H groups in total. The van der Waals surface area contributed by atoms with E-state index in [0.29, 0.717) is 18.0 Å². The number of carbonyl (C=O) groups is 1. The van der Waals surface area contributed by atoms with Gasteiger partial charge >= 0.3 is 0 Å². The van der Waals surface area contributed by atoms with E-state index in [0.717, 1.165) is 37.8 Å². The number of rotatable bonds is 4. The third kappa shape index (κ3) is 5.59. The van der Waals surface area contributed by atoms with E-state index in [-0.39, 0.29) is 30.8 Å². The summed E-state index contributed by atoms with van der Waals surface area (Å²) in [5, 5.41) is 2.84. The summed E-state index contributed by atoms with van der Waals surface area (Å²) in [5.41, 5.74) is 6.37. The Morgan fingerprint density at radius 1 is 1.29 bits per heavy atom. The number of nitrogens with one attached hydrogen (secondary N) is 1. The molecule has 0 heterocycles. The van der Waals surface area contributed by atoms with Gasteiger partial charge in [-0.25, -0.2) is 8.78 Å². The van der Waals surface area contributed by atoms with Gasteiger partial charge in [0, 0.05) is 12.6 Å². The Bertz CT molecular complexity index is 485. The van der Waals surface area contributed by atoms with Crippen molar-refractivity contribution >= 4 is 18.3 Å². The highest BCUT2D eigenvalue weighted by Gasteiger charge is 2.19. The fourth-order valence-corrected chi connectivity index (χ4v) is 2.67. The molecule has 1 aromatic carbocycles. The van der Waals surface area contributed by atoms with Crippen LogP contribution in [-0.2, 0) is 11.2 Å². The van der Waals surface area contributed by atoms with Crippen LogP contribution in [0.5, 0.6) is 0 Å². The second-order valence-corrected chi connectivity index (χ2v) is 5.52. The van der Waals surface area contributed by atoms with E-state index >= 15 is 0 Å². The molecular weight excluding hydrogens is 298 g/mol. The number of carbonyl (C=O) groups excluding carboxylic acids is 1. The molecule has 1 saturated carbocycles. The Hall–Kier alpha value is -1.20. The third-order valence-electron chi connectivity index (χ3n) is 3.76. The zero-order valence-corrected chi connectivity index (χ0v) is 12.6. The van der Waals surface area contributed by atoms with Crippen molar-refractivity contribution in [3.63, 3.8) is 0 Å². The molecule has 2 atom stereocenters. The van der Waals surface area contributed by atoms with E-state index in [4.69, 9.17) is 5.73 Å². The summed E-state index contributed by atoms with van der Waals surface area (Å²) in [5.74, 6) is -1.57. The van der Waals surface area contributed by atoms with Crippen LogP contribution in [0, 0.1) is 17.6 Å². The van der Waals surface area contributed by atoms with Gasteiger partial charge in [-0.1, -0.05) is 12.5 Å². The maximum Gasteiger partial charge on any atom is 0.224 e. The lowest BCUT2D eigenvalue weighted by Gasteiger charge is -2.26. The van der Waals surface area contributed by atoms with Crippen molar-refractivity contribution in [2.24, 2.45) is 11.7 Å². The van der Waals surface area contributed by atoms with E-state index in [9.17, 15) is 13.6 Å². The van der Waals surface area contributed by atoms with Crippen LogP contribution in [-0.4, -0.2) is 18.5 Å². The Balaban J connectivity index is 0.00000220. The van der Waals surface area contributed by atoms with Gasteiger partial charge in [-0.2, -0.15) is 0 Å². The first-order valence-electron chi connectivity index (χ1n) is 7.01. The monoisotopic (exact) mass is 318 g/mol. The van der Waals surface area contributed by atoms with Crippen LogP contribution in [0.2, 0.25) is 0 Å². The summed E-state index contributed by atoms with van der Waals surface area (Å²) in [6.45, 7) is 0.607. The molecule has 118 valence electrons. The van der Waals surface area contributed by atoms with Crippen molar-refractivity contribution in [1.29, 1.82) is 0 Å². The summed E-state index contributed by atoms with van der Waals surface area (Å²) in [6.07, 6.45) is 4.24. The van der Waals surface area contributed by atoms with Crippen molar-refractivity contribution in [1.82, 2.24) is 5.32 Å². The van der Waals surface area contributed by atoms with Gasteiger partial charge in [-0.05, 0) is 42.9 Å². The smallest absolute Gasteiger partial charge is 0.224 e. The van der Waals surface area contributed by atoms with Crippen molar-refractivity contribution in [2.75, 3.05) is 6.54 Å². The Kier molecular flexibility index (Phi) is 7.05. The molecule has 2 rings (SSSR count). The predicted molar refractivity (Wildman–Crippen MR) is 80.3 cm³/mol. The van der Waals surface area contributed by atoms with Gasteiger partial charge in [-0.15, -0.1) is 12.4 Å². The molecule has 0 spiro atoms. The van der Waals surface area contributed by atoms with E-state index in [2.05, 4.69) is 5.32 Å². The maximum absolute atomic E-state index is 13.0. The molecular formula is C15H21ClF2N2O. The van der Waals surface area contributed by atoms with Gasteiger partial charge in [0.1, 0.15) is 0 Å². The van der Waals surface area contributed by atoms with E-state index in [1.54, 1.807) is 0 Å². The van der Waals surface area contributed by atoms with Crippen molar-refractivity contribution in [3.8, 4) is 0 Å². The van der Waals surface area contributed by atoms with Crippen LogP contribution in [0.1, 0.15) is 31.2 Å². The number of benzene rings is 1. The number of hydrogen-bond donors (Lipinski definition) is 2. The molecule has 0 aliphatic heterocycles. The fourth-order valence-electron chi connectivity index (χ4n) is 2.67. The van der Waals surface area contributed by atoms with Gasteiger partial charge in [0.15, 0.2) is 11.6 Å². The van der Waals surface area contributed by atoms with E-state index in [1.807, 2.05) is 0 Å². The maximum atomic E-state index is 13.0. The summed E-state index contributed by atoms with van der Waals surface area (Å²) >= 11 is 0. The zero-order chi connectivity index (χ0) is 14.5. The second-order valence-electron chi connectivity index (χ2n) is 5.52. The van der Waals surface area contributed by atoms with Crippen LogP contribution in [0.3, 0.4) is 0 Å². The zero-order valence-electron chi connectivity index (χ0n) is 11.8. The minimum Gasteiger partial charge on any atom is -0.356 e. The Morgan fingerprint density at radius 3 is 2.71 bits per heavy atom. The summed E-state index contributed by atoms with van der Waals surface area (Å²) < 4.78 is 25.8. The van der Waals surface area contributed by atoms with Gasteiger partial charge in [0.25, 0.3) is 0 Å².